The van der Waals surface area contributed by atoms with E-state index in [4.69, 9.17) is 0 Å². The molecule has 0 N–H and O–H groups in total. The largest absolute Gasteiger partial charge is 0.296 e. The first-order valence-corrected chi connectivity index (χ1v) is 6.32. The quantitative estimate of drug-likeness (QED) is 0.780. The molecule has 0 spiro atoms. The SMILES string of the molecule is CC(N(C)CC(=O)c1c(F)cccc1F)C(C)(C)C. The van der Waals surface area contributed by atoms with E-state index in [1.165, 1.54) is 6.07 Å². The van der Waals surface area contributed by atoms with Crippen molar-refractivity contribution in [1.29, 1.82) is 0 Å². The summed E-state index contributed by atoms with van der Waals surface area (Å²) < 4.78 is 27.0. The van der Waals surface area contributed by atoms with Gasteiger partial charge in [-0.05, 0) is 31.5 Å². The van der Waals surface area contributed by atoms with E-state index in [0.29, 0.717) is 0 Å². The molecule has 1 atom stereocenters. The molecule has 0 radical (unpaired) electrons. The Morgan fingerprint density at radius 3 is 2.16 bits per heavy atom. The minimum Gasteiger partial charge on any atom is -0.296 e. The summed E-state index contributed by atoms with van der Waals surface area (Å²) in [5.74, 6) is -2.14. The van der Waals surface area contributed by atoms with Crippen LogP contribution in [0.25, 0.3) is 0 Å². The molecule has 0 saturated heterocycles. The molecule has 2 nitrogen and oxygen atoms in total. The fourth-order valence-electron chi connectivity index (χ4n) is 1.87. The van der Waals surface area contributed by atoms with Gasteiger partial charge in [-0.1, -0.05) is 26.8 Å². The number of hydrogen-bond donors (Lipinski definition) is 0. The Hall–Kier alpha value is -1.29. The first-order valence-electron chi connectivity index (χ1n) is 6.32. The summed E-state index contributed by atoms with van der Waals surface area (Å²) in [6.45, 7) is 8.16. The van der Waals surface area contributed by atoms with Crippen LogP contribution in [0.15, 0.2) is 18.2 Å². The molecule has 0 bridgehead atoms. The summed E-state index contributed by atoms with van der Waals surface area (Å²) in [7, 11) is 1.78. The van der Waals surface area contributed by atoms with Crippen LogP contribution < -0.4 is 0 Å². The molecule has 106 valence electrons. The molecule has 1 rings (SSSR count). The Labute approximate surface area is 113 Å². The van der Waals surface area contributed by atoms with Crippen LogP contribution in [0.3, 0.4) is 0 Å². The van der Waals surface area contributed by atoms with Crippen LogP contribution in [0.5, 0.6) is 0 Å². The number of ketones is 1. The smallest absolute Gasteiger partial charge is 0.182 e. The van der Waals surface area contributed by atoms with E-state index < -0.39 is 23.0 Å². The molecule has 0 aliphatic rings. The van der Waals surface area contributed by atoms with Gasteiger partial charge in [0.2, 0.25) is 0 Å². The van der Waals surface area contributed by atoms with Crippen molar-refractivity contribution in [3.63, 3.8) is 0 Å². The Balaban J connectivity index is 2.86. The normalized spacial score (nSPS) is 13.7. The van der Waals surface area contributed by atoms with Gasteiger partial charge >= 0.3 is 0 Å². The van der Waals surface area contributed by atoms with E-state index in [0.717, 1.165) is 12.1 Å². The molecule has 19 heavy (non-hydrogen) atoms. The molecular weight excluding hydrogens is 248 g/mol. The van der Waals surface area contributed by atoms with Crippen LogP contribution in [0.2, 0.25) is 0 Å². The van der Waals surface area contributed by atoms with Crippen LogP contribution in [0.4, 0.5) is 8.78 Å². The molecule has 1 aromatic carbocycles. The van der Waals surface area contributed by atoms with Crippen LogP contribution >= 0.6 is 0 Å². The lowest BCUT2D eigenvalue weighted by molar-refractivity contribution is 0.0846. The number of benzene rings is 1. The van der Waals surface area contributed by atoms with Gasteiger partial charge in [0.1, 0.15) is 11.6 Å². The number of rotatable bonds is 4. The van der Waals surface area contributed by atoms with Crippen molar-refractivity contribution >= 4 is 5.78 Å². The van der Waals surface area contributed by atoms with Gasteiger partial charge in [-0.25, -0.2) is 8.78 Å². The molecule has 0 amide bonds. The molecule has 0 aliphatic carbocycles. The number of hydrogen-bond acceptors (Lipinski definition) is 2. The van der Waals surface area contributed by atoms with Gasteiger partial charge < -0.3 is 0 Å². The van der Waals surface area contributed by atoms with Crippen molar-refractivity contribution in [2.24, 2.45) is 5.41 Å². The highest BCUT2D eigenvalue weighted by molar-refractivity contribution is 5.98. The van der Waals surface area contributed by atoms with Crippen LogP contribution in [0, 0.1) is 17.0 Å². The lowest BCUT2D eigenvalue weighted by atomic mass is 9.87. The number of carbonyl (C=O) groups is 1. The molecule has 0 aromatic heterocycles. The maximum Gasteiger partial charge on any atom is 0.182 e. The zero-order chi connectivity index (χ0) is 14.8. The number of Topliss-reactive ketones (excluding diaryl/α,β-unsaturated/α-hetero) is 1. The van der Waals surface area contributed by atoms with E-state index in [1.807, 2.05) is 11.8 Å². The Morgan fingerprint density at radius 1 is 1.26 bits per heavy atom. The monoisotopic (exact) mass is 269 g/mol. The molecule has 0 fully saturated rings. The summed E-state index contributed by atoms with van der Waals surface area (Å²) in [5, 5.41) is 0. The highest BCUT2D eigenvalue weighted by Crippen LogP contribution is 2.23. The van der Waals surface area contributed by atoms with Crippen molar-refractivity contribution in [1.82, 2.24) is 4.90 Å². The zero-order valence-corrected chi connectivity index (χ0v) is 12.1. The highest BCUT2D eigenvalue weighted by atomic mass is 19.1. The third-order valence-corrected chi connectivity index (χ3v) is 3.55. The molecule has 1 unspecified atom stereocenters. The predicted molar refractivity (Wildman–Crippen MR) is 72.2 cm³/mol. The van der Waals surface area contributed by atoms with Crippen molar-refractivity contribution in [3.8, 4) is 0 Å². The van der Waals surface area contributed by atoms with Gasteiger partial charge in [-0.3, -0.25) is 9.69 Å². The van der Waals surface area contributed by atoms with E-state index in [1.54, 1.807) is 7.05 Å². The first-order chi connectivity index (χ1) is 8.64. The number of halogens is 2. The fourth-order valence-corrected chi connectivity index (χ4v) is 1.87. The minimum atomic E-state index is -0.804. The van der Waals surface area contributed by atoms with E-state index >= 15 is 0 Å². The van der Waals surface area contributed by atoms with Gasteiger partial charge in [0, 0.05) is 6.04 Å². The van der Waals surface area contributed by atoms with Gasteiger partial charge in [0.25, 0.3) is 0 Å². The molecule has 0 aliphatic heterocycles. The Morgan fingerprint density at radius 2 is 1.74 bits per heavy atom. The van der Waals surface area contributed by atoms with E-state index in [2.05, 4.69) is 20.8 Å². The predicted octanol–water partition coefficient (Wildman–Crippen LogP) is 3.51. The Bertz CT molecular complexity index is 445. The number of nitrogens with zero attached hydrogens (tertiary/aromatic N) is 1. The molecule has 1 aromatic rings. The summed E-state index contributed by atoms with van der Waals surface area (Å²) in [5.41, 5.74) is -0.460. The van der Waals surface area contributed by atoms with Crippen LogP contribution in [-0.2, 0) is 0 Å². The average molecular weight is 269 g/mol. The van der Waals surface area contributed by atoms with Crippen LogP contribution in [-0.4, -0.2) is 30.3 Å². The maximum absolute atomic E-state index is 13.5. The highest BCUT2D eigenvalue weighted by Gasteiger charge is 2.26. The minimum absolute atomic E-state index is 0.00368. The standard InChI is InChI=1S/C15H21F2NO/c1-10(15(2,3)4)18(5)9-13(19)14-11(16)7-6-8-12(14)17/h6-8,10H,9H2,1-5H3. The van der Waals surface area contributed by atoms with Crippen molar-refractivity contribution in [2.45, 2.75) is 33.7 Å². The van der Waals surface area contributed by atoms with Gasteiger partial charge in [-0.2, -0.15) is 0 Å². The maximum atomic E-state index is 13.5. The third kappa shape index (κ3) is 3.83. The molecule has 0 saturated carbocycles. The zero-order valence-electron chi connectivity index (χ0n) is 12.1. The number of carbonyl (C=O) groups excluding carboxylic acids is 1. The topological polar surface area (TPSA) is 20.3 Å². The summed E-state index contributed by atoms with van der Waals surface area (Å²) in [4.78, 5) is 13.8. The van der Waals surface area contributed by atoms with Gasteiger partial charge in [-0.15, -0.1) is 0 Å². The van der Waals surface area contributed by atoms with Gasteiger partial charge in [0.05, 0.1) is 12.1 Å². The average Bonchev–Trinajstić information content (AvgIpc) is 2.26. The molecule has 4 heteroatoms. The van der Waals surface area contributed by atoms with Gasteiger partial charge in [0.15, 0.2) is 5.78 Å². The molecular formula is C15H21F2NO. The van der Waals surface area contributed by atoms with Crippen LogP contribution in [0.1, 0.15) is 38.1 Å². The second-order valence-electron chi connectivity index (χ2n) is 5.98. The van der Waals surface area contributed by atoms with Crippen molar-refractivity contribution in [2.75, 3.05) is 13.6 Å². The first kappa shape index (κ1) is 15.8. The number of likely N-dealkylation sites (N-methyl/N-ethyl adjacent to an activating group) is 1. The fraction of sp³-hybridized carbons (Fsp3) is 0.533. The summed E-state index contributed by atoms with van der Waals surface area (Å²) >= 11 is 0. The lowest BCUT2D eigenvalue weighted by Crippen LogP contribution is -2.42. The van der Waals surface area contributed by atoms with E-state index in [9.17, 15) is 13.6 Å². The van der Waals surface area contributed by atoms with E-state index in [-0.39, 0.29) is 18.0 Å². The summed E-state index contributed by atoms with van der Waals surface area (Å²) in [6.07, 6.45) is 0. The van der Waals surface area contributed by atoms with Crippen molar-refractivity contribution < 1.29 is 13.6 Å². The van der Waals surface area contributed by atoms with Crippen molar-refractivity contribution in [3.05, 3.63) is 35.4 Å². The lowest BCUT2D eigenvalue weighted by Gasteiger charge is -2.35. The summed E-state index contributed by atoms with van der Waals surface area (Å²) in [6, 6.07) is 3.57. The Kier molecular flexibility index (Phi) is 4.80. The third-order valence-electron chi connectivity index (χ3n) is 3.55. The second kappa shape index (κ2) is 5.78. The second-order valence-corrected chi connectivity index (χ2v) is 5.98. The molecule has 0 heterocycles.